The van der Waals surface area contributed by atoms with Gasteiger partial charge in [-0.25, -0.2) is 9.97 Å². The van der Waals surface area contributed by atoms with Gasteiger partial charge in [0.1, 0.15) is 0 Å². The molecule has 0 fully saturated rings. The van der Waals surface area contributed by atoms with Crippen LogP contribution in [0.4, 0.5) is 0 Å². The van der Waals surface area contributed by atoms with Crippen molar-refractivity contribution in [2.75, 3.05) is 0 Å². The van der Waals surface area contributed by atoms with E-state index in [9.17, 15) is 0 Å². The molecule has 8 rings (SSSR count). The summed E-state index contributed by atoms with van der Waals surface area (Å²) < 4.78 is 0. The minimum atomic E-state index is 0.0260. The highest BCUT2D eigenvalue weighted by Gasteiger charge is 2.45. The molecule has 1 heterocycles. The van der Waals surface area contributed by atoms with Crippen LogP contribution in [0.25, 0.3) is 56.2 Å². The Hall–Kier alpha value is -5.34. The van der Waals surface area contributed by atoms with Crippen molar-refractivity contribution in [2.24, 2.45) is 5.92 Å². The largest absolute Gasteiger partial charge is 0.228 e. The fourth-order valence-corrected chi connectivity index (χ4v) is 7.22. The van der Waals surface area contributed by atoms with E-state index in [-0.39, 0.29) is 5.41 Å². The van der Waals surface area contributed by atoms with Crippen molar-refractivity contribution < 1.29 is 0 Å². The molecule has 0 spiro atoms. The van der Waals surface area contributed by atoms with Crippen LogP contribution >= 0.6 is 0 Å². The summed E-state index contributed by atoms with van der Waals surface area (Å²) in [6.45, 7) is 4.74. The molecule has 2 atom stereocenters. The topological polar surface area (TPSA) is 25.8 Å². The zero-order valence-electron chi connectivity index (χ0n) is 25.6. The summed E-state index contributed by atoms with van der Waals surface area (Å²) in [6, 6.07) is 47.3. The monoisotopic (exact) mass is 578 g/mol. The molecule has 2 heteroatoms. The van der Waals surface area contributed by atoms with Gasteiger partial charge in [0.15, 0.2) is 5.82 Å². The quantitative estimate of drug-likeness (QED) is 0.203. The number of fused-ring (bicyclic) bond motifs is 3. The van der Waals surface area contributed by atoms with Crippen molar-refractivity contribution in [1.29, 1.82) is 0 Å². The number of allylic oxidation sites excluding steroid dienone is 4. The van der Waals surface area contributed by atoms with Crippen LogP contribution in [0.5, 0.6) is 0 Å². The van der Waals surface area contributed by atoms with Crippen molar-refractivity contribution in [1.82, 2.24) is 9.97 Å². The fourth-order valence-electron chi connectivity index (χ4n) is 7.22. The molecule has 2 nitrogen and oxygen atoms in total. The van der Waals surface area contributed by atoms with Crippen LogP contribution in [-0.2, 0) is 5.41 Å². The molecule has 2 aliphatic carbocycles. The number of aromatic nitrogens is 2. The molecule has 0 radical (unpaired) electrons. The van der Waals surface area contributed by atoms with Crippen molar-refractivity contribution >= 4 is 0 Å². The molecule has 0 N–H and O–H groups in total. The summed E-state index contributed by atoms with van der Waals surface area (Å²) in [5, 5.41) is 0. The minimum absolute atomic E-state index is 0.0260. The average Bonchev–Trinajstić information content (AvgIpc) is 3.35. The molecular weight excluding hydrogens is 544 g/mol. The SMILES string of the molecule is CC1(C)c2cccc(-c3nc(-c4ccc(-c5ccccc5)cc4)cc(-c4ccc(-c5ccccc5)cc4)n3)c2C2C=CC=CC21. The zero-order valence-corrected chi connectivity index (χ0v) is 25.6. The van der Waals surface area contributed by atoms with Gasteiger partial charge in [0, 0.05) is 22.6 Å². The van der Waals surface area contributed by atoms with Gasteiger partial charge in [-0.15, -0.1) is 0 Å². The number of benzene rings is 5. The number of rotatable bonds is 5. The highest BCUT2D eigenvalue weighted by Crippen LogP contribution is 2.55. The molecular formula is C43H34N2. The minimum Gasteiger partial charge on any atom is -0.228 e. The van der Waals surface area contributed by atoms with Gasteiger partial charge in [0.2, 0.25) is 0 Å². The first kappa shape index (κ1) is 27.2. The van der Waals surface area contributed by atoms with Gasteiger partial charge in [0.25, 0.3) is 0 Å². The van der Waals surface area contributed by atoms with Crippen LogP contribution in [0.2, 0.25) is 0 Å². The van der Waals surface area contributed by atoms with E-state index in [2.05, 4.69) is 172 Å². The van der Waals surface area contributed by atoms with Crippen LogP contribution in [0.15, 0.2) is 158 Å². The lowest BCUT2D eigenvalue weighted by molar-refractivity contribution is 0.394. The summed E-state index contributed by atoms with van der Waals surface area (Å²) in [4.78, 5) is 10.6. The Balaban J connectivity index is 1.27. The highest BCUT2D eigenvalue weighted by molar-refractivity contribution is 5.77. The molecule has 0 aliphatic heterocycles. The summed E-state index contributed by atoms with van der Waals surface area (Å²) >= 11 is 0. The van der Waals surface area contributed by atoms with Gasteiger partial charge in [-0.05, 0) is 50.8 Å². The molecule has 0 bridgehead atoms. The van der Waals surface area contributed by atoms with Gasteiger partial charge < -0.3 is 0 Å². The molecule has 2 aliphatic rings. The van der Waals surface area contributed by atoms with Crippen LogP contribution < -0.4 is 0 Å². The van der Waals surface area contributed by atoms with Crippen molar-refractivity contribution in [3.05, 3.63) is 169 Å². The first-order valence-electron chi connectivity index (χ1n) is 15.8. The van der Waals surface area contributed by atoms with Gasteiger partial charge in [0.05, 0.1) is 11.4 Å². The van der Waals surface area contributed by atoms with Crippen LogP contribution in [0, 0.1) is 5.92 Å². The first-order chi connectivity index (χ1) is 22.1. The Morgan fingerprint density at radius 1 is 0.489 bits per heavy atom. The van der Waals surface area contributed by atoms with E-state index in [1.54, 1.807) is 0 Å². The first-order valence-corrected chi connectivity index (χ1v) is 15.8. The lowest BCUT2D eigenvalue weighted by atomic mass is 9.74. The highest BCUT2D eigenvalue weighted by atomic mass is 14.9. The second kappa shape index (κ2) is 11.0. The van der Waals surface area contributed by atoms with E-state index < -0.39 is 0 Å². The van der Waals surface area contributed by atoms with E-state index in [1.807, 2.05) is 0 Å². The zero-order chi connectivity index (χ0) is 30.4. The normalized spacial score (nSPS) is 17.6. The maximum absolute atomic E-state index is 5.28. The van der Waals surface area contributed by atoms with Crippen LogP contribution in [0.3, 0.4) is 0 Å². The summed E-state index contributed by atoms with van der Waals surface area (Å²) in [6.07, 6.45) is 9.12. The summed E-state index contributed by atoms with van der Waals surface area (Å²) in [7, 11) is 0. The van der Waals surface area contributed by atoms with E-state index >= 15 is 0 Å². The average molecular weight is 579 g/mol. The standard InChI is InChI=1S/C43H34N2/c1-43(2)37-18-10-9-16-35(37)41-36(17-11-19-38(41)43)42-44-39(33-24-20-31(21-25-33)29-12-5-3-6-13-29)28-40(45-42)34-26-22-32(23-27-34)30-14-7-4-8-15-30/h3-28,35,37H,1-2H3. The van der Waals surface area contributed by atoms with Gasteiger partial charge in [-0.3, -0.25) is 0 Å². The lowest BCUT2D eigenvalue weighted by Crippen LogP contribution is -2.24. The summed E-state index contributed by atoms with van der Waals surface area (Å²) in [5.74, 6) is 1.50. The molecule has 0 amide bonds. The Bertz CT molecular complexity index is 1950. The van der Waals surface area contributed by atoms with E-state index in [4.69, 9.17) is 9.97 Å². The Labute approximate surface area is 265 Å². The smallest absolute Gasteiger partial charge is 0.160 e. The Morgan fingerprint density at radius 3 is 1.53 bits per heavy atom. The molecule has 0 saturated carbocycles. The maximum atomic E-state index is 5.28. The molecule has 45 heavy (non-hydrogen) atoms. The third-order valence-electron chi connectivity index (χ3n) is 9.64. The van der Waals surface area contributed by atoms with Crippen LogP contribution in [-0.4, -0.2) is 9.97 Å². The molecule has 0 saturated heterocycles. The number of hydrogen-bond acceptors (Lipinski definition) is 2. The Kier molecular flexibility index (Phi) is 6.64. The molecule has 6 aromatic rings. The predicted molar refractivity (Wildman–Crippen MR) is 187 cm³/mol. The van der Waals surface area contributed by atoms with Gasteiger partial charge in [-0.2, -0.15) is 0 Å². The fraction of sp³-hybridized carbons (Fsp3) is 0.116. The van der Waals surface area contributed by atoms with Gasteiger partial charge >= 0.3 is 0 Å². The number of hydrogen-bond donors (Lipinski definition) is 0. The third kappa shape index (κ3) is 4.84. The number of nitrogens with zero attached hydrogens (tertiary/aromatic N) is 2. The maximum Gasteiger partial charge on any atom is 0.160 e. The van der Waals surface area contributed by atoms with Crippen molar-refractivity contribution in [3.63, 3.8) is 0 Å². The van der Waals surface area contributed by atoms with Gasteiger partial charge in [-0.1, -0.05) is 166 Å². The molecule has 1 aromatic heterocycles. The Morgan fingerprint density at radius 2 is 0.978 bits per heavy atom. The van der Waals surface area contributed by atoms with E-state index in [0.29, 0.717) is 11.8 Å². The molecule has 5 aromatic carbocycles. The van der Waals surface area contributed by atoms with E-state index in [1.165, 1.54) is 33.4 Å². The third-order valence-corrected chi connectivity index (χ3v) is 9.64. The summed E-state index contributed by atoms with van der Waals surface area (Å²) in [5.41, 5.74) is 12.7. The van der Waals surface area contributed by atoms with Crippen molar-refractivity contribution in [3.8, 4) is 56.2 Å². The molecule has 216 valence electrons. The molecule has 2 unspecified atom stereocenters. The second-order valence-corrected chi connectivity index (χ2v) is 12.7. The second-order valence-electron chi connectivity index (χ2n) is 12.7. The van der Waals surface area contributed by atoms with Crippen LogP contribution in [0.1, 0.15) is 30.9 Å². The van der Waals surface area contributed by atoms with Crippen molar-refractivity contribution in [2.45, 2.75) is 25.2 Å². The van der Waals surface area contributed by atoms with E-state index in [0.717, 1.165) is 33.9 Å². The lowest BCUT2D eigenvalue weighted by Gasteiger charge is -2.29. The predicted octanol–water partition coefficient (Wildman–Crippen LogP) is 10.9.